The summed E-state index contributed by atoms with van der Waals surface area (Å²) in [7, 11) is 0. The van der Waals surface area contributed by atoms with Crippen molar-refractivity contribution in [3.8, 4) is 0 Å². The molecule has 0 aromatic heterocycles. The molecule has 0 saturated carbocycles. The Morgan fingerprint density at radius 3 is 2.78 bits per heavy atom. The van der Waals surface area contributed by atoms with Gasteiger partial charge in [-0.2, -0.15) is 0 Å². The van der Waals surface area contributed by atoms with Gasteiger partial charge in [0.15, 0.2) is 12.3 Å². The van der Waals surface area contributed by atoms with Gasteiger partial charge in [0.2, 0.25) is 5.60 Å². The molecule has 1 heterocycles. The molecule has 0 radical (unpaired) electrons. The Labute approximate surface area is 56.6 Å². The Bertz CT molecular complexity index is 129. The topological polar surface area (TPSA) is 55.8 Å². The molecule has 0 bridgehead atoms. The summed E-state index contributed by atoms with van der Waals surface area (Å²) >= 11 is 0.729. The molecule has 5 heteroatoms. The van der Waals surface area contributed by atoms with Crippen LogP contribution in [0.3, 0.4) is 0 Å². The van der Waals surface area contributed by atoms with Gasteiger partial charge in [0.1, 0.15) is 6.61 Å². The van der Waals surface area contributed by atoms with Crippen molar-refractivity contribution in [1.82, 2.24) is 0 Å². The first-order chi connectivity index (χ1) is 4.15. The molecular weight excluding hydrogens is 144 g/mol. The fourth-order valence-electron chi connectivity index (χ4n) is 0.357. The van der Waals surface area contributed by atoms with E-state index in [1.165, 1.54) is 6.92 Å². The van der Waals surface area contributed by atoms with E-state index in [1.54, 1.807) is 0 Å². The van der Waals surface area contributed by atoms with Crippen LogP contribution in [0.2, 0.25) is 0 Å². The predicted molar refractivity (Wildman–Crippen MR) is 30.7 cm³/mol. The van der Waals surface area contributed by atoms with Crippen LogP contribution in [-0.4, -0.2) is 23.3 Å². The van der Waals surface area contributed by atoms with Gasteiger partial charge in [-0.25, -0.2) is 4.79 Å². The van der Waals surface area contributed by atoms with Crippen molar-refractivity contribution in [2.45, 2.75) is 12.5 Å². The highest BCUT2D eigenvalue weighted by Crippen LogP contribution is 2.28. The smallest absolute Gasteiger partial charge is 0.339 e. The lowest BCUT2D eigenvalue weighted by Gasteiger charge is -2.11. The van der Waals surface area contributed by atoms with Crippen molar-refractivity contribution in [3.63, 3.8) is 0 Å². The van der Waals surface area contributed by atoms with Crippen LogP contribution >= 0.6 is 12.3 Å². The summed E-state index contributed by atoms with van der Waals surface area (Å²) in [6.07, 6.45) is 0. The van der Waals surface area contributed by atoms with Crippen molar-refractivity contribution >= 4 is 18.3 Å². The highest BCUT2D eigenvalue weighted by molar-refractivity contribution is 7.90. The number of carboxylic acid groups (broad SMARTS) is 1. The Hall–Kier alpha value is -0.260. The lowest BCUT2D eigenvalue weighted by Crippen LogP contribution is -2.36. The summed E-state index contributed by atoms with van der Waals surface area (Å²) in [5.74, 6) is -0.993. The monoisotopic (exact) mass is 150 g/mol. The number of carboxylic acids is 1. The van der Waals surface area contributed by atoms with Gasteiger partial charge in [0.25, 0.3) is 0 Å². The first-order valence-electron chi connectivity index (χ1n) is 2.36. The van der Waals surface area contributed by atoms with E-state index in [0.29, 0.717) is 0 Å². The van der Waals surface area contributed by atoms with Crippen LogP contribution in [0.4, 0.5) is 0 Å². The van der Waals surface area contributed by atoms with Gasteiger partial charge in [-0.05, 0) is 6.92 Å². The van der Waals surface area contributed by atoms with Crippen LogP contribution in [0.5, 0.6) is 0 Å². The van der Waals surface area contributed by atoms with Crippen molar-refractivity contribution < 1.29 is 18.3 Å². The molecule has 1 aliphatic heterocycles. The Kier molecular flexibility index (Phi) is 1.65. The fraction of sp³-hybridized carbons (Fsp3) is 0.750. The molecule has 1 aliphatic rings. The van der Waals surface area contributed by atoms with E-state index in [9.17, 15) is 4.79 Å². The number of carbonyl (C=O) groups is 1. The molecule has 0 amide bonds. The normalized spacial score (nSPS) is 34.8. The maximum absolute atomic E-state index is 10.3. The number of aliphatic carboxylic acids is 1. The first kappa shape index (κ1) is 6.85. The van der Waals surface area contributed by atoms with E-state index in [2.05, 4.69) is 4.18 Å². The van der Waals surface area contributed by atoms with Gasteiger partial charge in [-0.3, -0.25) is 8.37 Å². The van der Waals surface area contributed by atoms with E-state index in [-0.39, 0.29) is 6.61 Å². The second-order valence-electron chi connectivity index (χ2n) is 1.95. The van der Waals surface area contributed by atoms with Crippen LogP contribution in [0, 0.1) is 0 Å². The third kappa shape index (κ3) is 1.17. The minimum absolute atomic E-state index is 0.104. The number of hydrogen-bond donors (Lipinski definition) is 1. The van der Waals surface area contributed by atoms with Crippen molar-refractivity contribution in [3.05, 3.63) is 0 Å². The largest absolute Gasteiger partial charge is 0.479 e. The van der Waals surface area contributed by atoms with Gasteiger partial charge in [0, 0.05) is 0 Å². The summed E-state index contributed by atoms with van der Waals surface area (Å²) in [5, 5.41) is 8.45. The molecule has 9 heavy (non-hydrogen) atoms. The van der Waals surface area contributed by atoms with Gasteiger partial charge in [-0.1, -0.05) is 0 Å². The van der Waals surface area contributed by atoms with Crippen LogP contribution in [0.1, 0.15) is 6.92 Å². The quantitative estimate of drug-likeness (QED) is 0.549. The molecule has 52 valence electrons. The molecule has 1 atom stereocenters. The zero-order valence-corrected chi connectivity index (χ0v) is 5.60. The van der Waals surface area contributed by atoms with Crippen molar-refractivity contribution in [2.75, 3.05) is 6.61 Å². The first-order valence-corrected chi connectivity index (χ1v) is 3.02. The standard InChI is InChI=1S/C4H6O4S/c1-4(3(5)6)2-7-9-8-4/h2H2,1H3,(H,5,6). The van der Waals surface area contributed by atoms with E-state index >= 15 is 0 Å². The molecule has 1 saturated heterocycles. The summed E-state index contributed by atoms with van der Waals surface area (Å²) in [5.41, 5.74) is -1.15. The third-order valence-corrected chi connectivity index (χ3v) is 1.70. The third-order valence-electron chi connectivity index (χ3n) is 1.05. The maximum Gasteiger partial charge on any atom is 0.339 e. The van der Waals surface area contributed by atoms with E-state index < -0.39 is 11.6 Å². The molecule has 4 nitrogen and oxygen atoms in total. The molecule has 0 aliphatic carbocycles. The van der Waals surface area contributed by atoms with Gasteiger partial charge >= 0.3 is 5.97 Å². The Balaban J connectivity index is 2.61. The summed E-state index contributed by atoms with van der Waals surface area (Å²) < 4.78 is 9.33. The van der Waals surface area contributed by atoms with E-state index in [4.69, 9.17) is 9.29 Å². The lowest BCUT2D eigenvalue weighted by molar-refractivity contribution is -0.151. The molecule has 0 spiro atoms. The zero-order chi connectivity index (χ0) is 6.91. The fourth-order valence-corrected chi connectivity index (χ4v) is 0.948. The van der Waals surface area contributed by atoms with Gasteiger partial charge in [-0.15, -0.1) is 0 Å². The zero-order valence-electron chi connectivity index (χ0n) is 4.79. The molecule has 1 fully saturated rings. The van der Waals surface area contributed by atoms with Gasteiger partial charge in [0.05, 0.1) is 0 Å². The average molecular weight is 150 g/mol. The average Bonchev–Trinajstić information content (AvgIpc) is 2.16. The molecule has 1 rings (SSSR count). The number of hydrogen-bond acceptors (Lipinski definition) is 4. The molecule has 1 unspecified atom stereocenters. The second-order valence-corrected chi connectivity index (χ2v) is 2.49. The SMILES string of the molecule is CC1(C(=O)O)COSO1. The summed E-state index contributed by atoms with van der Waals surface area (Å²) in [6, 6.07) is 0. The highest BCUT2D eigenvalue weighted by atomic mass is 32.2. The maximum atomic E-state index is 10.3. The van der Waals surface area contributed by atoms with Crippen molar-refractivity contribution in [2.24, 2.45) is 0 Å². The Morgan fingerprint density at radius 1 is 1.89 bits per heavy atom. The second kappa shape index (κ2) is 2.17. The Morgan fingerprint density at radius 2 is 2.56 bits per heavy atom. The lowest BCUT2D eigenvalue weighted by atomic mass is 10.1. The van der Waals surface area contributed by atoms with Crippen LogP contribution < -0.4 is 0 Å². The highest BCUT2D eigenvalue weighted by Gasteiger charge is 2.40. The van der Waals surface area contributed by atoms with E-state index in [0.717, 1.165) is 12.3 Å². The minimum atomic E-state index is -1.15. The van der Waals surface area contributed by atoms with Crippen molar-refractivity contribution in [1.29, 1.82) is 0 Å². The molecule has 0 aromatic rings. The molecular formula is C4H6O4S. The van der Waals surface area contributed by atoms with E-state index in [1.807, 2.05) is 0 Å². The summed E-state index contributed by atoms with van der Waals surface area (Å²) in [6.45, 7) is 1.57. The van der Waals surface area contributed by atoms with Crippen LogP contribution in [0.25, 0.3) is 0 Å². The summed E-state index contributed by atoms with van der Waals surface area (Å²) in [4.78, 5) is 10.3. The number of rotatable bonds is 1. The van der Waals surface area contributed by atoms with Crippen LogP contribution in [-0.2, 0) is 13.2 Å². The molecule has 1 N–H and O–H groups in total. The minimum Gasteiger partial charge on any atom is -0.479 e. The predicted octanol–water partition coefficient (Wildman–Crippen LogP) is 0.440. The van der Waals surface area contributed by atoms with Gasteiger partial charge < -0.3 is 5.11 Å². The molecule has 0 aromatic carbocycles. The van der Waals surface area contributed by atoms with Crippen LogP contribution in [0.15, 0.2) is 0 Å².